The first kappa shape index (κ1) is 11.6. The summed E-state index contributed by atoms with van der Waals surface area (Å²) in [5.74, 6) is 0.226. The Balaban J connectivity index is 2.03. The first-order valence-corrected chi connectivity index (χ1v) is 6.62. The van der Waals surface area contributed by atoms with Crippen LogP contribution in [0.3, 0.4) is 0 Å². The van der Waals surface area contributed by atoms with E-state index in [-0.39, 0.29) is 5.82 Å². The van der Waals surface area contributed by atoms with E-state index in [1.165, 1.54) is 6.07 Å². The highest BCUT2D eigenvalue weighted by Gasteiger charge is 2.50. The van der Waals surface area contributed by atoms with Crippen LogP contribution in [0.15, 0.2) is 53.5 Å². The highest BCUT2D eigenvalue weighted by molar-refractivity contribution is 6.05. The third-order valence-corrected chi connectivity index (χ3v) is 4.02. The predicted octanol–water partition coefficient (Wildman–Crippen LogP) is 2.09. The summed E-state index contributed by atoms with van der Waals surface area (Å²) in [7, 11) is 0. The quantitative estimate of drug-likeness (QED) is 0.859. The number of aliphatic imine (C=N–C) groups is 1. The maximum absolute atomic E-state index is 14.2. The van der Waals surface area contributed by atoms with E-state index in [0.717, 1.165) is 5.56 Å². The molecule has 3 nitrogen and oxygen atoms in total. The number of halogens is 1. The van der Waals surface area contributed by atoms with Crippen LogP contribution in [0.1, 0.15) is 16.7 Å². The van der Waals surface area contributed by atoms with Gasteiger partial charge in [0.15, 0.2) is 5.72 Å². The third-order valence-electron chi connectivity index (χ3n) is 4.02. The molecular weight excluding hydrogens is 255 g/mol. The molecule has 0 spiro atoms. The molecule has 2 aliphatic rings. The maximum Gasteiger partial charge on any atom is 0.193 e. The molecule has 100 valence electrons. The van der Waals surface area contributed by atoms with Crippen molar-refractivity contribution in [2.24, 2.45) is 4.99 Å². The van der Waals surface area contributed by atoms with Gasteiger partial charge >= 0.3 is 0 Å². The minimum absolute atomic E-state index is 0.333. The smallest absolute Gasteiger partial charge is 0.193 e. The number of amidine groups is 1. The number of nitrogens with zero attached hydrogens (tertiary/aromatic N) is 2. The van der Waals surface area contributed by atoms with Gasteiger partial charge in [0.25, 0.3) is 0 Å². The molecule has 2 heterocycles. The second kappa shape index (κ2) is 3.90. The average Bonchev–Trinajstić information content (AvgIpc) is 3.04. The highest BCUT2D eigenvalue weighted by atomic mass is 19.1. The molecule has 0 saturated carbocycles. The molecule has 0 amide bonds. The van der Waals surface area contributed by atoms with Gasteiger partial charge in [-0.3, -0.25) is 4.99 Å². The summed E-state index contributed by atoms with van der Waals surface area (Å²) >= 11 is 0. The second-order valence-corrected chi connectivity index (χ2v) is 5.06. The van der Waals surface area contributed by atoms with Crippen LogP contribution in [-0.4, -0.2) is 28.9 Å². The zero-order chi connectivity index (χ0) is 13.7. The summed E-state index contributed by atoms with van der Waals surface area (Å²) in [6, 6.07) is 14.2. The number of benzene rings is 2. The van der Waals surface area contributed by atoms with Gasteiger partial charge in [0.2, 0.25) is 0 Å². The zero-order valence-corrected chi connectivity index (χ0v) is 10.8. The Kier molecular flexibility index (Phi) is 2.26. The molecule has 1 N–H and O–H groups in total. The Labute approximate surface area is 116 Å². The number of rotatable bonds is 1. The van der Waals surface area contributed by atoms with Gasteiger partial charge in [-0.05, 0) is 6.07 Å². The lowest BCUT2D eigenvalue weighted by Gasteiger charge is -2.33. The van der Waals surface area contributed by atoms with Crippen LogP contribution in [0.4, 0.5) is 4.39 Å². The van der Waals surface area contributed by atoms with Crippen molar-refractivity contribution in [2.45, 2.75) is 5.72 Å². The molecule has 2 aromatic rings. The van der Waals surface area contributed by atoms with Crippen molar-refractivity contribution in [3.8, 4) is 0 Å². The van der Waals surface area contributed by atoms with E-state index >= 15 is 0 Å². The van der Waals surface area contributed by atoms with Crippen LogP contribution in [0.5, 0.6) is 0 Å². The standard InChI is InChI=1S/C16H13FN2O/c17-13-8-4-7-12-14(13)15-18-9-10-19(15)16(12,20)11-5-2-1-3-6-11/h1-8,20H,9-10H2. The first-order chi connectivity index (χ1) is 9.73. The van der Waals surface area contributed by atoms with Crippen LogP contribution in [0.2, 0.25) is 0 Å². The lowest BCUT2D eigenvalue weighted by atomic mass is 9.93. The molecule has 0 saturated heterocycles. The molecule has 20 heavy (non-hydrogen) atoms. The van der Waals surface area contributed by atoms with Crippen LogP contribution in [0.25, 0.3) is 0 Å². The summed E-state index contributed by atoms with van der Waals surface area (Å²) in [5, 5.41) is 11.3. The molecule has 2 aliphatic heterocycles. The Hall–Kier alpha value is -2.20. The third kappa shape index (κ3) is 1.29. The van der Waals surface area contributed by atoms with Crippen LogP contribution < -0.4 is 0 Å². The molecule has 4 rings (SSSR count). The average molecular weight is 268 g/mol. The first-order valence-electron chi connectivity index (χ1n) is 6.62. The van der Waals surface area contributed by atoms with Crippen LogP contribution >= 0.6 is 0 Å². The van der Waals surface area contributed by atoms with E-state index in [4.69, 9.17) is 0 Å². The van der Waals surface area contributed by atoms with E-state index in [1.54, 1.807) is 17.0 Å². The fraction of sp³-hybridized carbons (Fsp3) is 0.188. The zero-order valence-electron chi connectivity index (χ0n) is 10.8. The Morgan fingerprint density at radius 2 is 1.90 bits per heavy atom. The molecule has 2 aromatic carbocycles. The van der Waals surface area contributed by atoms with E-state index in [2.05, 4.69) is 4.99 Å². The van der Waals surface area contributed by atoms with Crippen molar-refractivity contribution in [3.05, 3.63) is 71.0 Å². The SMILES string of the molecule is OC1(c2ccccc2)c2cccc(F)c2C2=NCCN21. The highest BCUT2D eigenvalue weighted by Crippen LogP contribution is 2.44. The Bertz CT molecular complexity index is 714. The van der Waals surface area contributed by atoms with E-state index in [1.807, 2.05) is 30.3 Å². The summed E-state index contributed by atoms with van der Waals surface area (Å²) in [4.78, 5) is 6.15. The monoisotopic (exact) mass is 268 g/mol. The van der Waals surface area contributed by atoms with Crippen molar-refractivity contribution in [1.82, 2.24) is 4.90 Å². The summed E-state index contributed by atoms with van der Waals surface area (Å²) < 4.78 is 14.2. The normalized spacial score (nSPS) is 23.5. The van der Waals surface area contributed by atoms with E-state index in [0.29, 0.717) is 30.1 Å². The lowest BCUT2D eigenvalue weighted by molar-refractivity contribution is -0.0242. The molecule has 0 aromatic heterocycles. The molecule has 0 radical (unpaired) electrons. The largest absolute Gasteiger partial charge is 0.363 e. The molecular formula is C16H13FN2O. The van der Waals surface area contributed by atoms with Gasteiger partial charge in [-0.2, -0.15) is 0 Å². The molecule has 4 heteroatoms. The van der Waals surface area contributed by atoms with Gasteiger partial charge < -0.3 is 10.0 Å². The minimum atomic E-state index is -1.33. The molecule has 0 fully saturated rings. The van der Waals surface area contributed by atoms with Gasteiger partial charge in [-0.25, -0.2) is 4.39 Å². The maximum atomic E-state index is 14.2. The molecule has 1 atom stereocenters. The Morgan fingerprint density at radius 1 is 1.10 bits per heavy atom. The summed E-state index contributed by atoms with van der Waals surface area (Å²) in [6.45, 7) is 1.17. The molecule has 0 bridgehead atoms. The van der Waals surface area contributed by atoms with Crippen molar-refractivity contribution >= 4 is 5.84 Å². The lowest BCUT2D eigenvalue weighted by Crippen LogP contribution is -2.43. The van der Waals surface area contributed by atoms with Gasteiger partial charge in [-0.15, -0.1) is 0 Å². The fourth-order valence-corrected chi connectivity index (χ4v) is 3.15. The fourth-order valence-electron chi connectivity index (χ4n) is 3.15. The van der Waals surface area contributed by atoms with Gasteiger partial charge in [0.1, 0.15) is 11.7 Å². The second-order valence-electron chi connectivity index (χ2n) is 5.06. The number of hydrogen-bond acceptors (Lipinski definition) is 3. The van der Waals surface area contributed by atoms with Crippen molar-refractivity contribution < 1.29 is 9.50 Å². The van der Waals surface area contributed by atoms with Gasteiger partial charge in [0.05, 0.1) is 12.1 Å². The van der Waals surface area contributed by atoms with Crippen LogP contribution in [-0.2, 0) is 5.72 Å². The Morgan fingerprint density at radius 3 is 2.70 bits per heavy atom. The summed E-state index contributed by atoms with van der Waals surface area (Å²) in [6.07, 6.45) is 0. The molecule has 1 unspecified atom stereocenters. The minimum Gasteiger partial charge on any atom is -0.363 e. The van der Waals surface area contributed by atoms with Crippen LogP contribution in [0, 0.1) is 5.82 Å². The van der Waals surface area contributed by atoms with Crippen molar-refractivity contribution in [2.75, 3.05) is 13.1 Å². The number of fused-ring (bicyclic) bond motifs is 3. The number of hydrogen-bond donors (Lipinski definition) is 1. The predicted molar refractivity (Wildman–Crippen MR) is 74.0 cm³/mol. The van der Waals surface area contributed by atoms with Gasteiger partial charge in [0, 0.05) is 17.7 Å². The molecule has 0 aliphatic carbocycles. The summed E-state index contributed by atoms with van der Waals surface area (Å²) in [5.41, 5.74) is 0.408. The topological polar surface area (TPSA) is 35.8 Å². The van der Waals surface area contributed by atoms with E-state index in [9.17, 15) is 9.50 Å². The number of aliphatic hydroxyl groups is 1. The van der Waals surface area contributed by atoms with E-state index < -0.39 is 5.72 Å². The van der Waals surface area contributed by atoms with Crippen molar-refractivity contribution in [3.63, 3.8) is 0 Å². The van der Waals surface area contributed by atoms with Gasteiger partial charge in [-0.1, -0.05) is 42.5 Å². The van der Waals surface area contributed by atoms with Crippen molar-refractivity contribution in [1.29, 1.82) is 0 Å².